The van der Waals surface area contributed by atoms with E-state index in [1.165, 1.54) is 4.68 Å². The number of hydrogen-bond donors (Lipinski definition) is 1. The maximum absolute atomic E-state index is 12.5. The van der Waals surface area contributed by atoms with Gasteiger partial charge in [0.25, 0.3) is 11.5 Å². The Balaban J connectivity index is 1.78. The molecule has 1 heterocycles. The molecule has 3 aromatic rings. The van der Waals surface area contributed by atoms with E-state index in [2.05, 4.69) is 10.4 Å². The van der Waals surface area contributed by atoms with Crippen LogP contribution in [0.1, 0.15) is 38.3 Å². The van der Waals surface area contributed by atoms with Crippen molar-refractivity contribution in [3.63, 3.8) is 0 Å². The monoisotopic (exact) mass is 406 g/mol. The first-order valence-electron chi connectivity index (χ1n) is 8.95. The Morgan fingerprint density at radius 2 is 1.86 bits per heavy atom. The van der Waals surface area contributed by atoms with Crippen molar-refractivity contribution in [3.8, 4) is 6.07 Å². The summed E-state index contributed by atoms with van der Waals surface area (Å²) in [5, 5.41) is 17.0. The van der Waals surface area contributed by atoms with Gasteiger partial charge in [-0.15, -0.1) is 0 Å². The molecule has 6 nitrogen and oxygen atoms in total. The molecule has 0 spiro atoms. The first kappa shape index (κ1) is 20.3. The van der Waals surface area contributed by atoms with Crippen LogP contribution in [-0.2, 0) is 6.54 Å². The number of amides is 1. The van der Waals surface area contributed by atoms with Gasteiger partial charge in [-0.1, -0.05) is 23.7 Å². The number of anilines is 1. The maximum atomic E-state index is 12.5. The van der Waals surface area contributed by atoms with Gasteiger partial charge < -0.3 is 5.32 Å². The molecule has 0 aliphatic rings. The summed E-state index contributed by atoms with van der Waals surface area (Å²) in [6, 6.07) is 14.1. The summed E-state index contributed by atoms with van der Waals surface area (Å²) in [6.07, 6.45) is 0. The fourth-order valence-corrected chi connectivity index (χ4v) is 2.99. The molecule has 0 fully saturated rings. The normalized spacial score (nSPS) is 10.4. The van der Waals surface area contributed by atoms with Gasteiger partial charge in [0.15, 0.2) is 0 Å². The van der Waals surface area contributed by atoms with Crippen molar-refractivity contribution in [2.75, 3.05) is 5.32 Å². The Labute approximate surface area is 173 Å². The molecule has 0 saturated heterocycles. The van der Waals surface area contributed by atoms with Crippen molar-refractivity contribution < 1.29 is 4.79 Å². The highest BCUT2D eigenvalue weighted by molar-refractivity contribution is 6.31. The van der Waals surface area contributed by atoms with Crippen LogP contribution < -0.4 is 10.9 Å². The number of hydrogen-bond acceptors (Lipinski definition) is 4. The second-order valence-electron chi connectivity index (χ2n) is 6.78. The van der Waals surface area contributed by atoms with Gasteiger partial charge in [0.1, 0.15) is 11.6 Å². The quantitative estimate of drug-likeness (QED) is 0.709. The van der Waals surface area contributed by atoms with Crippen LogP contribution >= 0.6 is 11.6 Å². The Morgan fingerprint density at radius 1 is 1.17 bits per heavy atom. The minimum atomic E-state index is -0.421. The smallest absolute Gasteiger partial charge is 0.285 e. The van der Waals surface area contributed by atoms with Crippen molar-refractivity contribution in [2.24, 2.45) is 0 Å². The van der Waals surface area contributed by atoms with Gasteiger partial charge >= 0.3 is 0 Å². The number of aromatic nitrogens is 2. The molecule has 1 N–H and O–H groups in total. The van der Waals surface area contributed by atoms with E-state index in [4.69, 9.17) is 11.6 Å². The first-order chi connectivity index (χ1) is 13.8. The number of benzene rings is 2. The number of carbonyl (C=O) groups excluding carboxylic acids is 1. The summed E-state index contributed by atoms with van der Waals surface area (Å²) in [4.78, 5) is 24.9. The summed E-state index contributed by atoms with van der Waals surface area (Å²) in [5.74, 6) is -0.244. The van der Waals surface area contributed by atoms with Crippen LogP contribution in [0.25, 0.3) is 0 Å². The number of aryl methyl sites for hydroxylation is 2. The average Bonchev–Trinajstić information content (AvgIpc) is 2.70. The molecule has 0 unspecified atom stereocenters. The van der Waals surface area contributed by atoms with E-state index in [0.717, 1.165) is 11.1 Å². The summed E-state index contributed by atoms with van der Waals surface area (Å²) in [6.45, 7) is 5.56. The van der Waals surface area contributed by atoms with Gasteiger partial charge in [-0.05, 0) is 67.8 Å². The van der Waals surface area contributed by atoms with E-state index in [-0.39, 0.29) is 18.0 Å². The third-order valence-electron chi connectivity index (χ3n) is 4.71. The van der Waals surface area contributed by atoms with Crippen LogP contribution in [0, 0.1) is 32.1 Å². The van der Waals surface area contributed by atoms with Crippen LogP contribution in [0.5, 0.6) is 0 Å². The summed E-state index contributed by atoms with van der Waals surface area (Å²) in [5.41, 5.74) is 3.74. The number of nitrogens with zero attached hydrogens (tertiary/aromatic N) is 3. The highest BCUT2D eigenvalue weighted by atomic mass is 35.5. The van der Waals surface area contributed by atoms with Gasteiger partial charge in [0, 0.05) is 16.3 Å². The average molecular weight is 407 g/mol. The Morgan fingerprint density at radius 3 is 2.48 bits per heavy atom. The lowest BCUT2D eigenvalue weighted by Gasteiger charge is -2.10. The van der Waals surface area contributed by atoms with Gasteiger partial charge in [0.2, 0.25) is 0 Å². The minimum absolute atomic E-state index is 0.103. The molecule has 1 amide bonds. The van der Waals surface area contributed by atoms with Crippen LogP contribution in [0.4, 0.5) is 5.69 Å². The van der Waals surface area contributed by atoms with Crippen molar-refractivity contribution in [2.45, 2.75) is 27.3 Å². The highest BCUT2D eigenvalue weighted by Gasteiger charge is 2.12. The zero-order valence-electron chi connectivity index (χ0n) is 16.3. The van der Waals surface area contributed by atoms with E-state index < -0.39 is 5.56 Å². The predicted octanol–water partition coefficient (Wildman–Crippen LogP) is 3.99. The molecule has 146 valence electrons. The molecule has 3 rings (SSSR count). The number of nitrogens with one attached hydrogen (secondary N) is 1. The van der Waals surface area contributed by atoms with Gasteiger partial charge in [-0.3, -0.25) is 9.59 Å². The van der Waals surface area contributed by atoms with E-state index in [0.29, 0.717) is 27.5 Å². The lowest BCUT2D eigenvalue weighted by atomic mass is 10.1. The molecule has 0 atom stereocenters. The zero-order valence-corrected chi connectivity index (χ0v) is 17.0. The number of nitriles is 1. The van der Waals surface area contributed by atoms with Crippen LogP contribution in [-0.4, -0.2) is 15.7 Å². The predicted molar refractivity (Wildman–Crippen MR) is 112 cm³/mol. The van der Waals surface area contributed by atoms with E-state index >= 15 is 0 Å². The highest BCUT2D eigenvalue weighted by Crippen LogP contribution is 2.20. The largest absolute Gasteiger partial charge is 0.322 e. The standard InChI is InChI=1S/C22H19ClN4O2/c1-13-10-18(8-9-20(13)23)25-21(28)17-6-4-16(5-7-17)12-27-22(29)19(11-24)14(2)15(3)26-27/h4-10H,12H2,1-3H3,(H,25,28). The van der Waals surface area contributed by atoms with Crippen molar-refractivity contribution in [1.82, 2.24) is 9.78 Å². The molecule has 0 bridgehead atoms. The molecular formula is C22H19ClN4O2. The molecule has 0 aliphatic carbocycles. The number of rotatable bonds is 4. The Kier molecular flexibility index (Phi) is 5.81. The lowest BCUT2D eigenvalue weighted by molar-refractivity contribution is 0.102. The van der Waals surface area contributed by atoms with Crippen LogP contribution in [0.2, 0.25) is 5.02 Å². The van der Waals surface area contributed by atoms with E-state index in [9.17, 15) is 14.9 Å². The third-order valence-corrected chi connectivity index (χ3v) is 5.14. The maximum Gasteiger partial charge on any atom is 0.285 e. The number of carbonyl (C=O) groups is 1. The summed E-state index contributed by atoms with van der Waals surface area (Å²) < 4.78 is 1.27. The molecule has 29 heavy (non-hydrogen) atoms. The van der Waals surface area contributed by atoms with Crippen molar-refractivity contribution >= 4 is 23.2 Å². The van der Waals surface area contributed by atoms with E-state index in [1.54, 1.807) is 56.3 Å². The fraction of sp³-hybridized carbons (Fsp3) is 0.182. The summed E-state index contributed by atoms with van der Waals surface area (Å²) in [7, 11) is 0. The Hall–Kier alpha value is -3.43. The van der Waals surface area contributed by atoms with Crippen molar-refractivity contribution in [3.05, 3.63) is 91.4 Å². The van der Waals surface area contributed by atoms with Gasteiger partial charge in [0.05, 0.1) is 12.2 Å². The second kappa shape index (κ2) is 8.29. The zero-order chi connectivity index (χ0) is 21.1. The molecule has 0 saturated carbocycles. The molecule has 0 radical (unpaired) electrons. The fourth-order valence-electron chi connectivity index (χ4n) is 2.87. The molecule has 7 heteroatoms. The second-order valence-corrected chi connectivity index (χ2v) is 7.18. The first-order valence-corrected chi connectivity index (χ1v) is 9.33. The number of halogens is 1. The van der Waals surface area contributed by atoms with E-state index in [1.807, 2.05) is 13.0 Å². The van der Waals surface area contributed by atoms with Gasteiger partial charge in [-0.2, -0.15) is 10.4 Å². The van der Waals surface area contributed by atoms with Crippen LogP contribution in [0.15, 0.2) is 47.3 Å². The minimum Gasteiger partial charge on any atom is -0.322 e. The molecule has 0 aliphatic heterocycles. The topological polar surface area (TPSA) is 87.8 Å². The molecular weight excluding hydrogens is 388 g/mol. The lowest BCUT2D eigenvalue weighted by Crippen LogP contribution is -2.28. The van der Waals surface area contributed by atoms with Gasteiger partial charge in [-0.25, -0.2) is 4.68 Å². The molecule has 1 aromatic heterocycles. The van der Waals surface area contributed by atoms with Crippen LogP contribution in [0.3, 0.4) is 0 Å². The SMILES string of the molecule is Cc1cc(NC(=O)c2ccc(Cn3nc(C)c(C)c(C#N)c3=O)cc2)ccc1Cl. The van der Waals surface area contributed by atoms with Crippen molar-refractivity contribution in [1.29, 1.82) is 5.26 Å². The Bertz CT molecular complexity index is 1190. The summed E-state index contributed by atoms with van der Waals surface area (Å²) >= 11 is 6.01. The third kappa shape index (κ3) is 4.36. The molecule has 2 aromatic carbocycles.